The average molecular weight is 502 g/mol. The summed E-state index contributed by atoms with van der Waals surface area (Å²) in [7, 11) is 0. The van der Waals surface area contributed by atoms with Gasteiger partial charge >= 0.3 is 0 Å². The number of anilines is 1. The molecule has 0 saturated carbocycles. The van der Waals surface area contributed by atoms with E-state index in [1.54, 1.807) is 0 Å². The van der Waals surface area contributed by atoms with Gasteiger partial charge < -0.3 is 20.3 Å². The molecule has 0 spiro atoms. The van der Waals surface area contributed by atoms with E-state index in [1.807, 2.05) is 6.20 Å². The van der Waals surface area contributed by atoms with Gasteiger partial charge in [0, 0.05) is 45.5 Å². The van der Waals surface area contributed by atoms with Crippen molar-refractivity contribution >= 4 is 35.8 Å². The maximum atomic E-state index is 5.40. The molecular weight excluding hydrogens is 467 g/mol. The van der Waals surface area contributed by atoms with Crippen molar-refractivity contribution in [3.05, 3.63) is 23.9 Å². The van der Waals surface area contributed by atoms with Crippen molar-refractivity contribution < 1.29 is 4.74 Å². The number of morpholine rings is 1. The van der Waals surface area contributed by atoms with Crippen LogP contribution >= 0.6 is 24.0 Å². The van der Waals surface area contributed by atoms with Crippen LogP contribution in [-0.2, 0) is 11.3 Å². The Morgan fingerprint density at radius 1 is 1.18 bits per heavy atom. The van der Waals surface area contributed by atoms with Crippen LogP contribution in [0.25, 0.3) is 0 Å². The topological polar surface area (TPSA) is 65.0 Å². The van der Waals surface area contributed by atoms with Gasteiger partial charge in [-0.1, -0.05) is 0 Å². The minimum atomic E-state index is 0. The van der Waals surface area contributed by atoms with Gasteiger partial charge in [-0.15, -0.1) is 24.0 Å². The maximum absolute atomic E-state index is 5.40. The molecule has 0 amide bonds. The normalized spacial score (nSPS) is 18.0. The van der Waals surface area contributed by atoms with E-state index in [9.17, 15) is 0 Å². The van der Waals surface area contributed by atoms with Gasteiger partial charge in [-0.05, 0) is 50.4 Å². The number of halogens is 1. The molecule has 158 valence electrons. The second-order valence-electron chi connectivity index (χ2n) is 7.15. The average Bonchev–Trinajstić information content (AvgIpc) is 3.25. The van der Waals surface area contributed by atoms with E-state index in [0.29, 0.717) is 6.54 Å². The molecule has 28 heavy (non-hydrogen) atoms. The molecule has 2 N–H and O–H groups in total. The first-order chi connectivity index (χ1) is 13.3. The lowest BCUT2D eigenvalue weighted by Crippen LogP contribution is -2.40. The number of hydrogen-bond acceptors (Lipinski definition) is 5. The zero-order valence-corrected chi connectivity index (χ0v) is 19.4. The summed E-state index contributed by atoms with van der Waals surface area (Å²) in [6.45, 7) is 11.7. The third kappa shape index (κ3) is 7.71. The van der Waals surface area contributed by atoms with E-state index in [2.05, 4.69) is 44.5 Å². The zero-order chi connectivity index (χ0) is 18.7. The Labute approximate surface area is 186 Å². The number of guanidine groups is 1. The molecule has 2 aliphatic rings. The largest absolute Gasteiger partial charge is 0.379 e. The third-order valence-corrected chi connectivity index (χ3v) is 5.05. The molecule has 0 aromatic carbocycles. The van der Waals surface area contributed by atoms with Crippen LogP contribution in [0.3, 0.4) is 0 Å². The van der Waals surface area contributed by atoms with Crippen LogP contribution in [0, 0.1) is 0 Å². The smallest absolute Gasteiger partial charge is 0.191 e. The fourth-order valence-electron chi connectivity index (χ4n) is 3.52. The molecule has 8 heteroatoms. The second kappa shape index (κ2) is 13.2. The van der Waals surface area contributed by atoms with E-state index in [4.69, 9.17) is 9.73 Å². The lowest BCUT2D eigenvalue weighted by Gasteiger charge is -2.26. The number of ether oxygens (including phenoxy) is 1. The first kappa shape index (κ1) is 23.2. The van der Waals surface area contributed by atoms with Crippen LogP contribution in [0.15, 0.2) is 23.3 Å². The van der Waals surface area contributed by atoms with Gasteiger partial charge in [0.25, 0.3) is 0 Å². The van der Waals surface area contributed by atoms with E-state index >= 15 is 0 Å². The molecule has 0 aliphatic carbocycles. The van der Waals surface area contributed by atoms with Gasteiger partial charge in [0.15, 0.2) is 5.96 Å². The Morgan fingerprint density at radius 2 is 1.96 bits per heavy atom. The molecule has 7 nitrogen and oxygen atoms in total. The van der Waals surface area contributed by atoms with Crippen molar-refractivity contribution in [1.82, 2.24) is 20.5 Å². The molecule has 1 aromatic heterocycles. The van der Waals surface area contributed by atoms with E-state index in [0.717, 1.165) is 77.2 Å². The quantitative estimate of drug-likeness (QED) is 0.246. The maximum Gasteiger partial charge on any atom is 0.191 e. The highest BCUT2D eigenvalue weighted by Gasteiger charge is 2.13. The molecule has 0 atom stereocenters. The van der Waals surface area contributed by atoms with Crippen molar-refractivity contribution in [2.24, 2.45) is 4.99 Å². The number of aliphatic imine (C=N–C) groups is 1. The van der Waals surface area contributed by atoms with Crippen molar-refractivity contribution in [2.75, 3.05) is 63.9 Å². The first-order valence-electron chi connectivity index (χ1n) is 10.4. The summed E-state index contributed by atoms with van der Waals surface area (Å²) in [6, 6.07) is 4.24. The minimum absolute atomic E-state index is 0. The predicted molar refractivity (Wildman–Crippen MR) is 126 cm³/mol. The van der Waals surface area contributed by atoms with Crippen molar-refractivity contribution in [1.29, 1.82) is 0 Å². The van der Waals surface area contributed by atoms with E-state index < -0.39 is 0 Å². The van der Waals surface area contributed by atoms with Gasteiger partial charge in [0.2, 0.25) is 0 Å². The Morgan fingerprint density at radius 3 is 2.71 bits per heavy atom. The van der Waals surface area contributed by atoms with Gasteiger partial charge in [-0.2, -0.15) is 0 Å². The number of aromatic nitrogens is 1. The number of nitrogens with one attached hydrogen (secondary N) is 2. The van der Waals surface area contributed by atoms with Crippen LogP contribution in [0.4, 0.5) is 5.82 Å². The van der Waals surface area contributed by atoms with Crippen LogP contribution in [0.5, 0.6) is 0 Å². The van der Waals surface area contributed by atoms with E-state index in [-0.39, 0.29) is 24.0 Å². The SMILES string of the molecule is CCNC(=NCc1ccnc(N2CCCC2)c1)NCCCN1CCOCC1.I. The van der Waals surface area contributed by atoms with E-state index in [1.165, 1.54) is 18.4 Å². The number of pyridine rings is 1. The lowest BCUT2D eigenvalue weighted by molar-refractivity contribution is 0.0376. The monoisotopic (exact) mass is 502 g/mol. The first-order valence-corrected chi connectivity index (χ1v) is 10.4. The summed E-state index contributed by atoms with van der Waals surface area (Å²) in [5.74, 6) is 1.97. The molecule has 0 unspecified atom stereocenters. The third-order valence-electron chi connectivity index (χ3n) is 5.05. The highest BCUT2D eigenvalue weighted by molar-refractivity contribution is 14.0. The zero-order valence-electron chi connectivity index (χ0n) is 17.0. The van der Waals surface area contributed by atoms with Crippen molar-refractivity contribution in [3.63, 3.8) is 0 Å². The van der Waals surface area contributed by atoms with Gasteiger partial charge in [-0.3, -0.25) is 4.90 Å². The Balaban J connectivity index is 0.00000280. The van der Waals surface area contributed by atoms with Crippen molar-refractivity contribution in [2.45, 2.75) is 32.7 Å². The van der Waals surface area contributed by atoms with Crippen molar-refractivity contribution in [3.8, 4) is 0 Å². The molecule has 2 saturated heterocycles. The van der Waals surface area contributed by atoms with Crippen LogP contribution in [0.1, 0.15) is 31.7 Å². The molecule has 3 heterocycles. The molecule has 2 fully saturated rings. The molecule has 0 radical (unpaired) electrons. The standard InChI is InChI=1S/C20H34N6O.HI/c1-2-21-20(23-7-5-9-25-12-14-27-15-13-25)24-17-18-6-8-22-19(16-18)26-10-3-4-11-26;/h6,8,16H,2-5,7,9-15,17H2,1H3,(H2,21,23,24);1H. The van der Waals surface area contributed by atoms with Gasteiger partial charge in [-0.25, -0.2) is 9.98 Å². The second-order valence-corrected chi connectivity index (χ2v) is 7.15. The fraction of sp³-hybridized carbons (Fsp3) is 0.700. The summed E-state index contributed by atoms with van der Waals surface area (Å²) >= 11 is 0. The highest BCUT2D eigenvalue weighted by Crippen LogP contribution is 2.18. The number of rotatable bonds is 8. The molecule has 1 aromatic rings. The number of nitrogens with zero attached hydrogens (tertiary/aromatic N) is 4. The Bertz CT molecular complexity index is 588. The predicted octanol–water partition coefficient (Wildman–Crippen LogP) is 2.08. The summed E-state index contributed by atoms with van der Waals surface area (Å²) < 4.78 is 5.40. The van der Waals surface area contributed by atoms with Gasteiger partial charge in [0.05, 0.1) is 19.8 Å². The van der Waals surface area contributed by atoms with Crippen LogP contribution in [0.2, 0.25) is 0 Å². The van der Waals surface area contributed by atoms with Crippen LogP contribution in [-0.4, -0.2) is 74.9 Å². The minimum Gasteiger partial charge on any atom is -0.379 e. The summed E-state index contributed by atoms with van der Waals surface area (Å²) in [4.78, 5) is 14.1. The van der Waals surface area contributed by atoms with Gasteiger partial charge in [0.1, 0.15) is 5.82 Å². The Hall–Kier alpha value is -1.13. The molecular formula is C20H35IN6O. The molecule has 3 rings (SSSR count). The summed E-state index contributed by atoms with van der Waals surface area (Å²) in [6.07, 6.45) is 5.55. The molecule has 0 bridgehead atoms. The molecule has 2 aliphatic heterocycles. The fourth-order valence-corrected chi connectivity index (χ4v) is 3.52. The van der Waals surface area contributed by atoms with Crippen LogP contribution < -0.4 is 15.5 Å². The number of hydrogen-bond donors (Lipinski definition) is 2. The highest BCUT2D eigenvalue weighted by atomic mass is 127. The Kier molecular flexibility index (Phi) is 10.9. The summed E-state index contributed by atoms with van der Waals surface area (Å²) in [5, 5.41) is 6.80. The lowest BCUT2D eigenvalue weighted by atomic mass is 10.2. The summed E-state index contributed by atoms with van der Waals surface area (Å²) in [5.41, 5.74) is 1.21.